The van der Waals surface area contributed by atoms with E-state index in [4.69, 9.17) is 0 Å². The lowest BCUT2D eigenvalue weighted by Gasteiger charge is -2.14. The van der Waals surface area contributed by atoms with Gasteiger partial charge < -0.3 is 0 Å². The van der Waals surface area contributed by atoms with Crippen LogP contribution in [0, 0.1) is 11.8 Å². The van der Waals surface area contributed by atoms with Gasteiger partial charge in [-0.25, -0.2) is 0 Å². The van der Waals surface area contributed by atoms with Crippen LogP contribution in [0.25, 0.3) is 0 Å². The molecule has 0 aliphatic heterocycles. The second-order valence-electron chi connectivity index (χ2n) is 10.0. The van der Waals surface area contributed by atoms with Gasteiger partial charge in [0.15, 0.2) is 0 Å². The van der Waals surface area contributed by atoms with E-state index in [-0.39, 0.29) is 0 Å². The van der Waals surface area contributed by atoms with E-state index in [1.165, 1.54) is 141 Å². The highest BCUT2D eigenvalue weighted by Crippen LogP contribution is 2.21. The monoisotopic (exact) mass is 394 g/mol. The maximum Gasteiger partial charge on any atom is -0.0443 e. The standard InChI is InChI=1S/C28H58/c1-5-7-9-10-11-12-13-14-15-16-17-18-19-20-21-24-28(4)26-22-25-27(3)23-8-6-2/h27-28H,5-26H2,1-4H3. The van der Waals surface area contributed by atoms with Crippen LogP contribution in [0.2, 0.25) is 0 Å². The molecule has 0 bridgehead atoms. The highest BCUT2D eigenvalue weighted by molar-refractivity contribution is 4.59. The van der Waals surface area contributed by atoms with E-state index in [1.807, 2.05) is 0 Å². The van der Waals surface area contributed by atoms with Gasteiger partial charge in [0.25, 0.3) is 0 Å². The average molecular weight is 395 g/mol. The molecule has 0 spiro atoms. The third kappa shape index (κ3) is 22.3. The van der Waals surface area contributed by atoms with Gasteiger partial charge in [0.2, 0.25) is 0 Å². The normalized spacial score (nSPS) is 13.7. The van der Waals surface area contributed by atoms with Crippen molar-refractivity contribution in [2.24, 2.45) is 11.8 Å². The third-order valence-corrected chi connectivity index (χ3v) is 6.74. The molecule has 0 aliphatic rings. The summed E-state index contributed by atoms with van der Waals surface area (Å²) in [5, 5.41) is 0. The van der Waals surface area contributed by atoms with Crippen molar-refractivity contribution in [3.63, 3.8) is 0 Å². The molecule has 0 aromatic rings. The van der Waals surface area contributed by atoms with Gasteiger partial charge in [-0.1, -0.05) is 169 Å². The predicted molar refractivity (Wildman–Crippen MR) is 131 cm³/mol. The maximum atomic E-state index is 2.49. The van der Waals surface area contributed by atoms with E-state index in [9.17, 15) is 0 Å². The van der Waals surface area contributed by atoms with Crippen molar-refractivity contribution in [1.82, 2.24) is 0 Å². The zero-order valence-corrected chi connectivity index (χ0v) is 20.7. The lowest BCUT2D eigenvalue weighted by atomic mass is 9.92. The van der Waals surface area contributed by atoms with E-state index in [0.717, 1.165) is 11.8 Å². The minimum Gasteiger partial charge on any atom is -0.0654 e. The summed E-state index contributed by atoms with van der Waals surface area (Å²) in [6, 6.07) is 0. The average Bonchev–Trinajstić information content (AvgIpc) is 2.69. The quantitative estimate of drug-likeness (QED) is 0.151. The first-order chi connectivity index (χ1) is 13.7. The van der Waals surface area contributed by atoms with Crippen LogP contribution in [-0.4, -0.2) is 0 Å². The van der Waals surface area contributed by atoms with Gasteiger partial charge in [-0.3, -0.25) is 0 Å². The van der Waals surface area contributed by atoms with Crippen molar-refractivity contribution in [2.45, 2.75) is 169 Å². The van der Waals surface area contributed by atoms with Crippen molar-refractivity contribution >= 4 is 0 Å². The lowest BCUT2D eigenvalue weighted by molar-refractivity contribution is 0.394. The van der Waals surface area contributed by atoms with Crippen LogP contribution in [0.15, 0.2) is 0 Å². The molecule has 170 valence electrons. The molecule has 0 aromatic heterocycles. The van der Waals surface area contributed by atoms with E-state index in [2.05, 4.69) is 27.7 Å². The molecule has 0 heterocycles. The van der Waals surface area contributed by atoms with Crippen LogP contribution in [-0.2, 0) is 0 Å². The van der Waals surface area contributed by atoms with Crippen LogP contribution < -0.4 is 0 Å². The first kappa shape index (κ1) is 28.0. The maximum absolute atomic E-state index is 2.49. The highest BCUT2D eigenvalue weighted by atomic mass is 14.1. The molecule has 0 rings (SSSR count). The molecule has 0 N–H and O–H groups in total. The van der Waals surface area contributed by atoms with Gasteiger partial charge in [-0.2, -0.15) is 0 Å². The Morgan fingerprint density at radius 2 is 0.607 bits per heavy atom. The van der Waals surface area contributed by atoms with Crippen LogP contribution in [0.5, 0.6) is 0 Å². The summed E-state index contributed by atoms with van der Waals surface area (Å²) in [7, 11) is 0. The Morgan fingerprint density at radius 1 is 0.321 bits per heavy atom. The molecule has 0 saturated carbocycles. The van der Waals surface area contributed by atoms with E-state index >= 15 is 0 Å². The van der Waals surface area contributed by atoms with Crippen LogP contribution in [0.3, 0.4) is 0 Å². The second kappa shape index (κ2) is 23.3. The molecule has 0 radical (unpaired) electrons. The molecule has 0 aliphatic carbocycles. The number of hydrogen-bond donors (Lipinski definition) is 0. The zero-order chi connectivity index (χ0) is 20.7. The first-order valence-corrected chi connectivity index (χ1v) is 13.7. The molecule has 28 heavy (non-hydrogen) atoms. The van der Waals surface area contributed by atoms with Crippen molar-refractivity contribution in [1.29, 1.82) is 0 Å². The van der Waals surface area contributed by atoms with Gasteiger partial charge in [-0.05, 0) is 11.8 Å². The molecule has 0 saturated heterocycles. The van der Waals surface area contributed by atoms with Gasteiger partial charge in [0.05, 0.1) is 0 Å². The van der Waals surface area contributed by atoms with Crippen molar-refractivity contribution < 1.29 is 0 Å². The fourth-order valence-corrected chi connectivity index (χ4v) is 4.52. The van der Waals surface area contributed by atoms with Gasteiger partial charge in [0.1, 0.15) is 0 Å². The Hall–Kier alpha value is 0. The fourth-order valence-electron chi connectivity index (χ4n) is 4.52. The highest BCUT2D eigenvalue weighted by Gasteiger charge is 2.05. The number of rotatable bonds is 23. The molecule has 2 unspecified atom stereocenters. The first-order valence-electron chi connectivity index (χ1n) is 13.7. The smallest absolute Gasteiger partial charge is 0.0443 e. The summed E-state index contributed by atoms with van der Waals surface area (Å²) < 4.78 is 0. The summed E-state index contributed by atoms with van der Waals surface area (Å²) in [5.41, 5.74) is 0. The van der Waals surface area contributed by atoms with Crippen molar-refractivity contribution in [3.8, 4) is 0 Å². The summed E-state index contributed by atoms with van der Waals surface area (Å²) in [6.45, 7) is 9.56. The molecule has 0 aromatic carbocycles. The summed E-state index contributed by atoms with van der Waals surface area (Å²) >= 11 is 0. The minimum absolute atomic E-state index is 0.956. The molecule has 0 amide bonds. The van der Waals surface area contributed by atoms with Gasteiger partial charge in [0, 0.05) is 0 Å². The second-order valence-corrected chi connectivity index (χ2v) is 10.0. The van der Waals surface area contributed by atoms with Crippen molar-refractivity contribution in [2.75, 3.05) is 0 Å². The summed E-state index contributed by atoms with van der Waals surface area (Å²) in [5.74, 6) is 1.92. The summed E-state index contributed by atoms with van der Waals surface area (Å²) in [4.78, 5) is 0. The molecule has 2 atom stereocenters. The molecule has 0 fully saturated rings. The predicted octanol–water partition coefficient (Wildman–Crippen LogP) is 10.9. The SMILES string of the molecule is CCCCCCCCCCCCCCCCCC(C)CCCC(C)CCCC. The lowest BCUT2D eigenvalue weighted by Crippen LogP contribution is -1.99. The Labute approximate surface area is 181 Å². The van der Waals surface area contributed by atoms with Gasteiger partial charge in [-0.15, -0.1) is 0 Å². The van der Waals surface area contributed by atoms with Crippen LogP contribution in [0.1, 0.15) is 169 Å². The zero-order valence-electron chi connectivity index (χ0n) is 20.7. The number of hydrogen-bond acceptors (Lipinski definition) is 0. The number of unbranched alkanes of at least 4 members (excludes halogenated alkanes) is 15. The molecular weight excluding hydrogens is 336 g/mol. The molecule has 0 heteroatoms. The Bertz CT molecular complexity index is 269. The van der Waals surface area contributed by atoms with Crippen molar-refractivity contribution in [3.05, 3.63) is 0 Å². The van der Waals surface area contributed by atoms with E-state index < -0.39 is 0 Å². The van der Waals surface area contributed by atoms with E-state index in [1.54, 1.807) is 0 Å². The largest absolute Gasteiger partial charge is 0.0654 e. The third-order valence-electron chi connectivity index (χ3n) is 6.74. The molecule has 0 nitrogen and oxygen atoms in total. The van der Waals surface area contributed by atoms with Gasteiger partial charge >= 0.3 is 0 Å². The topological polar surface area (TPSA) is 0 Å². The van der Waals surface area contributed by atoms with Crippen LogP contribution >= 0.6 is 0 Å². The Kier molecular flexibility index (Phi) is 23.3. The Morgan fingerprint density at radius 3 is 1.00 bits per heavy atom. The minimum atomic E-state index is 0.956. The van der Waals surface area contributed by atoms with Crippen LogP contribution in [0.4, 0.5) is 0 Å². The Balaban J connectivity index is 3.18. The molecular formula is C28H58. The fraction of sp³-hybridized carbons (Fsp3) is 1.00. The summed E-state index contributed by atoms with van der Waals surface area (Å²) in [6.07, 6.45) is 32.2. The van der Waals surface area contributed by atoms with E-state index in [0.29, 0.717) is 0 Å².